The number of hydrogen-bond donors (Lipinski definition) is 0. The molecule has 2 aromatic rings. The van der Waals surface area contributed by atoms with Crippen LogP contribution in [0, 0.1) is 6.92 Å². The molecule has 0 radical (unpaired) electrons. The number of carbonyl (C=O) groups excluding carboxylic acids is 1. The largest absolute Gasteiger partial charge is 0.362 e. The van der Waals surface area contributed by atoms with Crippen molar-refractivity contribution in [3.05, 3.63) is 47.6 Å². The molecular formula is C19H25N3O3. The molecule has 1 atom stereocenters. The number of aryl methyl sites for hydroxylation is 2. The molecule has 2 heterocycles. The fourth-order valence-electron chi connectivity index (χ4n) is 3.31. The summed E-state index contributed by atoms with van der Waals surface area (Å²) >= 11 is 0. The van der Waals surface area contributed by atoms with Crippen LogP contribution in [0.1, 0.15) is 43.0 Å². The summed E-state index contributed by atoms with van der Waals surface area (Å²) in [5.41, 5.74) is 1.32. The van der Waals surface area contributed by atoms with Crippen molar-refractivity contribution < 1.29 is 14.1 Å². The van der Waals surface area contributed by atoms with E-state index in [2.05, 4.69) is 34.4 Å². The highest BCUT2D eigenvalue weighted by atomic mass is 16.5. The van der Waals surface area contributed by atoms with Crippen LogP contribution < -0.4 is 0 Å². The normalized spacial score (nSPS) is 17.6. The van der Waals surface area contributed by atoms with Gasteiger partial charge in [-0.3, -0.25) is 4.79 Å². The minimum Gasteiger partial charge on any atom is -0.362 e. The van der Waals surface area contributed by atoms with Gasteiger partial charge >= 0.3 is 0 Å². The lowest BCUT2D eigenvalue weighted by atomic mass is 9.96. The fraction of sp³-hybridized carbons (Fsp3) is 0.526. The molecule has 0 spiro atoms. The Morgan fingerprint density at radius 2 is 2.16 bits per heavy atom. The summed E-state index contributed by atoms with van der Waals surface area (Å²) in [5, 5.41) is 3.71. The van der Waals surface area contributed by atoms with E-state index in [4.69, 9.17) is 9.26 Å². The smallest absolute Gasteiger partial charge is 0.252 e. The number of aromatic nitrogens is 2. The van der Waals surface area contributed by atoms with Crippen LogP contribution in [0.2, 0.25) is 0 Å². The maximum Gasteiger partial charge on any atom is 0.252 e. The molecule has 0 unspecified atom stereocenters. The monoisotopic (exact) mass is 343 g/mol. The van der Waals surface area contributed by atoms with Gasteiger partial charge in [0.25, 0.3) is 5.89 Å². The van der Waals surface area contributed by atoms with Gasteiger partial charge in [-0.15, -0.1) is 0 Å². The lowest BCUT2D eigenvalue weighted by molar-refractivity contribution is -0.140. The summed E-state index contributed by atoms with van der Waals surface area (Å²) in [6, 6.07) is 10.7. The van der Waals surface area contributed by atoms with Crippen molar-refractivity contribution in [2.24, 2.45) is 0 Å². The Kier molecular flexibility index (Phi) is 6.17. The first-order valence-corrected chi connectivity index (χ1v) is 8.92. The molecule has 1 aliphatic heterocycles. The van der Waals surface area contributed by atoms with Gasteiger partial charge in [-0.25, -0.2) is 0 Å². The van der Waals surface area contributed by atoms with Crippen LogP contribution in [0.4, 0.5) is 0 Å². The number of carbonyl (C=O) groups is 1. The first-order chi connectivity index (χ1) is 12.2. The van der Waals surface area contributed by atoms with Crippen LogP contribution in [0.25, 0.3) is 0 Å². The van der Waals surface area contributed by atoms with Crippen LogP contribution in [-0.2, 0) is 22.6 Å². The summed E-state index contributed by atoms with van der Waals surface area (Å²) in [6.07, 6.45) is 5.32. The van der Waals surface area contributed by atoms with Crippen molar-refractivity contribution in [2.75, 3.05) is 13.2 Å². The first kappa shape index (κ1) is 17.6. The second-order valence-electron chi connectivity index (χ2n) is 6.49. The summed E-state index contributed by atoms with van der Waals surface area (Å²) < 4.78 is 10.5. The Hall–Kier alpha value is -2.21. The molecule has 1 aromatic heterocycles. The Labute approximate surface area is 148 Å². The van der Waals surface area contributed by atoms with Gasteiger partial charge in [0.05, 0.1) is 0 Å². The molecule has 3 rings (SSSR count). The third kappa shape index (κ3) is 5.13. The second-order valence-corrected chi connectivity index (χ2v) is 6.49. The zero-order valence-electron chi connectivity index (χ0n) is 14.7. The highest BCUT2D eigenvalue weighted by Gasteiger charge is 2.26. The number of piperidine rings is 1. The number of benzene rings is 1. The van der Waals surface area contributed by atoms with Crippen molar-refractivity contribution in [1.29, 1.82) is 0 Å². The predicted octanol–water partition coefficient (Wildman–Crippen LogP) is 2.91. The number of nitrogens with zero attached hydrogens (tertiary/aromatic N) is 3. The highest BCUT2D eigenvalue weighted by molar-refractivity contribution is 5.77. The molecule has 0 saturated carbocycles. The minimum absolute atomic E-state index is 0.0500. The molecule has 1 aliphatic rings. The molecule has 134 valence electrons. The third-order valence-electron chi connectivity index (χ3n) is 4.58. The van der Waals surface area contributed by atoms with Crippen molar-refractivity contribution in [3.8, 4) is 0 Å². The van der Waals surface area contributed by atoms with E-state index in [1.807, 2.05) is 11.0 Å². The summed E-state index contributed by atoms with van der Waals surface area (Å²) in [7, 11) is 0. The van der Waals surface area contributed by atoms with E-state index >= 15 is 0 Å². The quantitative estimate of drug-likeness (QED) is 0.773. The first-order valence-electron chi connectivity index (χ1n) is 8.92. The molecule has 0 aliphatic carbocycles. The maximum atomic E-state index is 12.5. The van der Waals surface area contributed by atoms with Crippen molar-refractivity contribution in [3.63, 3.8) is 0 Å². The van der Waals surface area contributed by atoms with Crippen LogP contribution >= 0.6 is 0 Å². The molecule has 6 nitrogen and oxygen atoms in total. The Bertz CT molecular complexity index is 672. The summed E-state index contributed by atoms with van der Waals surface area (Å²) in [6.45, 7) is 2.81. The molecule has 0 N–H and O–H groups in total. The van der Waals surface area contributed by atoms with E-state index in [9.17, 15) is 4.79 Å². The maximum absolute atomic E-state index is 12.5. The van der Waals surface area contributed by atoms with Gasteiger partial charge in [-0.05, 0) is 44.6 Å². The van der Waals surface area contributed by atoms with Gasteiger partial charge in [-0.1, -0.05) is 35.5 Å². The van der Waals surface area contributed by atoms with Crippen LogP contribution in [-0.4, -0.2) is 40.1 Å². The number of likely N-dealkylation sites (tertiary alicyclic amines) is 1. The van der Waals surface area contributed by atoms with E-state index in [0.717, 1.165) is 32.2 Å². The molecule has 1 fully saturated rings. The average molecular weight is 343 g/mol. The van der Waals surface area contributed by atoms with Gasteiger partial charge < -0.3 is 14.2 Å². The van der Waals surface area contributed by atoms with E-state index < -0.39 is 0 Å². The van der Waals surface area contributed by atoms with Gasteiger partial charge in [0.1, 0.15) is 13.2 Å². The predicted molar refractivity (Wildman–Crippen MR) is 92.8 cm³/mol. The van der Waals surface area contributed by atoms with Crippen LogP contribution in [0.15, 0.2) is 34.9 Å². The SMILES string of the molecule is Cc1noc(COCC(=O)N2CCCC[C@H]2CCc2ccccc2)n1. The summed E-state index contributed by atoms with van der Waals surface area (Å²) in [4.78, 5) is 18.6. The van der Waals surface area contributed by atoms with Gasteiger partial charge in [0.2, 0.25) is 5.91 Å². The molecule has 1 amide bonds. The van der Waals surface area contributed by atoms with E-state index in [1.54, 1.807) is 6.92 Å². The fourth-order valence-corrected chi connectivity index (χ4v) is 3.31. The second kappa shape index (κ2) is 8.76. The average Bonchev–Trinajstić information content (AvgIpc) is 3.06. The number of amides is 1. The minimum atomic E-state index is 0.0500. The van der Waals surface area contributed by atoms with E-state index in [0.29, 0.717) is 17.8 Å². The van der Waals surface area contributed by atoms with E-state index in [1.165, 1.54) is 12.0 Å². The van der Waals surface area contributed by atoms with Crippen molar-refractivity contribution in [2.45, 2.75) is 51.7 Å². The van der Waals surface area contributed by atoms with Gasteiger partial charge in [0.15, 0.2) is 5.82 Å². The van der Waals surface area contributed by atoms with Crippen molar-refractivity contribution >= 4 is 5.91 Å². The van der Waals surface area contributed by atoms with E-state index in [-0.39, 0.29) is 19.1 Å². The van der Waals surface area contributed by atoms with Gasteiger partial charge in [0, 0.05) is 12.6 Å². The lowest BCUT2D eigenvalue weighted by Crippen LogP contribution is -2.45. The Morgan fingerprint density at radius 1 is 1.32 bits per heavy atom. The standard InChI is InChI=1S/C19H25N3O3/c1-15-20-18(25-21-15)13-24-14-19(23)22-12-6-5-9-17(22)11-10-16-7-3-2-4-8-16/h2-4,7-8,17H,5-6,9-14H2,1H3/t17-/m0/s1. The number of hydrogen-bond acceptors (Lipinski definition) is 5. The van der Waals surface area contributed by atoms with Crippen LogP contribution in [0.5, 0.6) is 0 Å². The number of ether oxygens (including phenoxy) is 1. The molecular weight excluding hydrogens is 318 g/mol. The molecule has 1 saturated heterocycles. The molecule has 25 heavy (non-hydrogen) atoms. The van der Waals surface area contributed by atoms with Crippen molar-refractivity contribution in [1.82, 2.24) is 15.0 Å². The van der Waals surface area contributed by atoms with Gasteiger partial charge in [-0.2, -0.15) is 4.98 Å². The summed E-state index contributed by atoms with van der Waals surface area (Å²) in [5.74, 6) is 1.03. The third-order valence-corrected chi connectivity index (χ3v) is 4.58. The lowest BCUT2D eigenvalue weighted by Gasteiger charge is -2.36. The zero-order valence-corrected chi connectivity index (χ0v) is 14.7. The molecule has 1 aromatic carbocycles. The highest BCUT2D eigenvalue weighted by Crippen LogP contribution is 2.21. The zero-order chi connectivity index (χ0) is 17.5. The Balaban J connectivity index is 1.48. The molecule has 0 bridgehead atoms. The Morgan fingerprint density at radius 3 is 2.92 bits per heavy atom. The van der Waals surface area contributed by atoms with Crippen LogP contribution in [0.3, 0.4) is 0 Å². The number of rotatable bonds is 7. The topological polar surface area (TPSA) is 68.5 Å². The molecule has 6 heteroatoms.